The molecular weight excluding hydrogens is 813 g/mol. The average Bonchev–Trinajstić information content (AvgIpc) is 3.72. The minimum atomic E-state index is -2.84. The number of carbonyl (C=O) groups excluding carboxylic acids is 1. The van der Waals surface area contributed by atoms with Gasteiger partial charge in [-0.05, 0) is 38.0 Å². The van der Waals surface area contributed by atoms with E-state index in [1.54, 1.807) is 30.0 Å². The standard InChI is InChI=1S/C47H56N10O5Si/c1-7-17-35(33-62-63(47(2,3)4,37-20-13-9-14-21-37)38-22-15-10-16-23-38)49-44-43-40(50-45(51-44)52-54-48)31-57(53-43)30-39-41(59-5)28-36(29-42(39)60-6)55-24-26-56(27-25-55)46(58)61-32-34-18-11-8-12-19-34/h8-16,18-23,28-29,31,35H,7,17,24-27,30,32-33H2,1-6H3,(H,49,50,51)/t35-/m0/s1. The maximum atomic E-state index is 12.8. The summed E-state index contributed by atoms with van der Waals surface area (Å²) < 4.78 is 26.6. The van der Waals surface area contributed by atoms with E-state index >= 15 is 0 Å². The smallest absolute Gasteiger partial charge is 0.410 e. The zero-order valence-corrected chi connectivity index (χ0v) is 37.9. The molecule has 2 aromatic heterocycles. The SMILES string of the molecule is CCC[C@@H](CO[Si](c1ccccc1)(c1ccccc1)C(C)(C)C)Nc1nc(N=[N+]=[N-])nc2cn(Cc3c(OC)cc(N4CCN(C(=O)OCc5ccccc5)CC4)cc3OC)nc12. The number of benzene rings is 4. The van der Waals surface area contributed by atoms with Crippen LogP contribution in [0.15, 0.2) is 114 Å². The summed E-state index contributed by atoms with van der Waals surface area (Å²) in [6, 6.07) is 34.6. The number of nitrogens with zero attached hydrogens (tertiary/aromatic N) is 9. The molecule has 16 heteroatoms. The van der Waals surface area contributed by atoms with Crippen molar-refractivity contribution < 1.29 is 23.4 Å². The van der Waals surface area contributed by atoms with Crippen LogP contribution in [-0.4, -0.2) is 92.1 Å². The second-order valence-electron chi connectivity index (χ2n) is 16.6. The van der Waals surface area contributed by atoms with Crippen molar-refractivity contribution in [3.8, 4) is 11.5 Å². The summed E-state index contributed by atoms with van der Waals surface area (Å²) in [5.74, 6) is 1.68. The predicted molar refractivity (Wildman–Crippen MR) is 249 cm³/mol. The first-order valence-corrected chi connectivity index (χ1v) is 23.2. The molecule has 3 heterocycles. The average molecular weight is 869 g/mol. The number of anilines is 2. The van der Waals surface area contributed by atoms with Crippen molar-refractivity contribution in [2.75, 3.05) is 57.2 Å². The minimum Gasteiger partial charge on any atom is -0.496 e. The van der Waals surface area contributed by atoms with E-state index in [2.05, 4.69) is 106 Å². The van der Waals surface area contributed by atoms with Gasteiger partial charge in [-0.25, -0.2) is 14.8 Å². The van der Waals surface area contributed by atoms with Crippen LogP contribution in [0.4, 0.5) is 22.2 Å². The van der Waals surface area contributed by atoms with Crippen LogP contribution in [0.25, 0.3) is 21.5 Å². The second kappa shape index (κ2) is 20.1. The van der Waals surface area contributed by atoms with Crippen LogP contribution in [0, 0.1) is 0 Å². The third kappa shape index (κ3) is 10.0. The Morgan fingerprint density at radius 2 is 1.49 bits per heavy atom. The number of nitrogens with one attached hydrogen (secondary N) is 1. The summed E-state index contributed by atoms with van der Waals surface area (Å²) >= 11 is 0. The van der Waals surface area contributed by atoms with E-state index in [-0.39, 0.29) is 36.3 Å². The summed E-state index contributed by atoms with van der Waals surface area (Å²) in [5, 5.41) is 14.6. The number of azide groups is 1. The van der Waals surface area contributed by atoms with Crippen molar-refractivity contribution in [2.45, 2.75) is 64.8 Å². The lowest BCUT2D eigenvalue weighted by Gasteiger charge is -2.43. The number of piperazine rings is 1. The molecule has 0 aliphatic carbocycles. The Hall–Kier alpha value is -6.61. The van der Waals surface area contributed by atoms with Crippen LogP contribution in [0.2, 0.25) is 5.04 Å². The van der Waals surface area contributed by atoms with Crippen molar-refractivity contribution in [1.82, 2.24) is 24.6 Å². The Labute approximate surface area is 369 Å². The Bertz CT molecular complexity index is 2440. The van der Waals surface area contributed by atoms with Crippen LogP contribution in [0.3, 0.4) is 0 Å². The molecule has 1 fully saturated rings. The summed E-state index contributed by atoms with van der Waals surface area (Å²) in [5.41, 5.74) is 13.1. The highest BCUT2D eigenvalue weighted by Crippen LogP contribution is 2.38. The topological polar surface area (TPSA) is 165 Å². The molecule has 1 N–H and O–H groups in total. The first-order chi connectivity index (χ1) is 30.6. The zero-order valence-electron chi connectivity index (χ0n) is 36.9. The van der Waals surface area contributed by atoms with Crippen LogP contribution in [0.5, 0.6) is 11.5 Å². The van der Waals surface area contributed by atoms with E-state index in [0.717, 1.165) is 29.7 Å². The highest BCUT2D eigenvalue weighted by atomic mass is 28.4. The number of ether oxygens (including phenoxy) is 3. The zero-order chi connectivity index (χ0) is 44.4. The Balaban J connectivity index is 1.12. The van der Waals surface area contributed by atoms with E-state index in [9.17, 15) is 10.3 Å². The summed E-state index contributed by atoms with van der Waals surface area (Å²) in [7, 11) is 0.423. The van der Waals surface area contributed by atoms with Crippen LogP contribution in [-0.2, 0) is 22.3 Å². The van der Waals surface area contributed by atoms with Gasteiger partial charge in [0.2, 0.25) is 5.95 Å². The fourth-order valence-corrected chi connectivity index (χ4v) is 13.0. The van der Waals surface area contributed by atoms with Gasteiger partial charge in [-0.3, -0.25) is 4.68 Å². The van der Waals surface area contributed by atoms with Gasteiger partial charge in [0, 0.05) is 55.0 Å². The normalized spacial score (nSPS) is 13.6. The van der Waals surface area contributed by atoms with E-state index in [1.807, 2.05) is 54.6 Å². The van der Waals surface area contributed by atoms with E-state index in [4.69, 9.17) is 23.7 Å². The lowest BCUT2D eigenvalue weighted by Crippen LogP contribution is -2.67. The molecule has 1 aliphatic rings. The molecule has 4 aromatic carbocycles. The van der Waals surface area contributed by atoms with Crippen molar-refractivity contribution in [1.29, 1.82) is 0 Å². The van der Waals surface area contributed by atoms with Crippen molar-refractivity contribution in [3.63, 3.8) is 0 Å². The summed E-state index contributed by atoms with van der Waals surface area (Å²) in [4.78, 5) is 29.0. The molecule has 328 valence electrons. The highest BCUT2D eigenvalue weighted by Gasteiger charge is 2.50. The molecule has 15 nitrogen and oxygen atoms in total. The van der Waals surface area contributed by atoms with Gasteiger partial charge in [0.15, 0.2) is 11.3 Å². The van der Waals surface area contributed by atoms with Gasteiger partial charge in [0.05, 0.1) is 39.1 Å². The molecule has 7 rings (SSSR count). The lowest BCUT2D eigenvalue weighted by molar-refractivity contribution is 0.0942. The molecule has 1 atom stereocenters. The third-order valence-corrected chi connectivity index (χ3v) is 16.5. The number of hydrogen-bond acceptors (Lipinski definition) is 11. The molecule has 0 unspecified atom stereocenters. The molecule has 0 saturated carbocycles. The second-order valence-corrected chi connectivity index (χ2v) is 20.9. The van der Waals surface area contributed by atoms with Crippen molar-refractivity contribution in [2.24, 2.45) is 5.11 Å². The summed E-state index contributed by atoms with van der Waals surface area (Å²) in [6.07, 6.45) is 3.15. The maximum Gasteiger partial charge on any atom is 0.410 e. The molecule has 0 bridgehead atoms. The van der Waals surface area contributed by atoms with Gasteiger partial charge in [-0.15, -0.1) is 0 Å². The van der Waals surface area contributed by atoms with Crippen LogP contribution >= 0.6 is 0 Å². The molecule has 1 aliphatic heterocycles. The van der Waals surface area contributed by atoms with Gasteiger partial charge < -0.3 is 33.8 Å². The number of fused-ring (bicyclic) bond motifs is 1. The first kappa shape index (κ1) is 44.4. The number of methoxy groups -OCH3 is 2. The van der Waals surface area contributed by atoms with Crippen molar-refractivity contribution in [3.05, 3.63) is 131 Å². The lowest BCUT2D eigenvalue weighted by atomic mass is 10.1. The molecule has 1 amide bonds. The predicted octanol–water partition coefficient (Wildman–Crippen LogP) is 8.45. The van der Waals surface area contributed by atoms with Gasteiger partial charge in [-0.1, -0.05) is 125 Å². The minimum absolute atomic E-state index is 0.0146. The highest BCUT2D eigenvalue weighted by molar-refractivity contribution is 6.99. The molecule has 1 saturated heterocycles. The maximum absolute atomic E-state index is 12.8. The largest absolute Gasteiger partial charge is 0.496 e. The molecule has 63 heavy (non-hydrogen) atoms. The van der Waals surface area contributed by atoms with Gasteiger partial charge in [0.25, 0.3) is 8.32 Å². The number of carbonyl (C=O) groups is 1. The monoisotopic (exact) mass is 868 g/mol. The molecule has 6 aromatic rings. The van der Waals surface area contributed by atoms with E-state index in [0.29, 0.717) is 61.1 Å². The van der Waals surface area contributed by atoms with Crippen LogP contribution in [0.1, 0.15) is 51.7 Å². The van der Waals surface area contributed by atoms with E-state index in [1.165, 1.54) is 10.4 Å². The first-order valence-electron chi connectivity index (χ1n) is 21.3. The summed E-state index contributed by atoms with van der Waals surface area (Å²) in [6.45, 7) is 12.1. The number of amides is 1. The third-order valence-electron chi connectivity index (χ3n) is 11.4. The molecule has 0 radical (unpaired) electrons. The number of rotatable bonds is 17. The fourth-order valence-electron chi connectivity index (χ4n) is 8.37. The number of hydrogen-bond donors (Lipinski definition) is 1. The van der Waals surface area contributed by atoms with Gasteiger partial charge in [-0.2, -0.15) is 5.10 Å². The number of aromatic nitrogens is 4. The van der Waals surface area contributed by atoms with Crippen molar-refractivity contribution >= 4 is 53.3 Å². The molecule has 0 spiro atoms. The quantitative estimate of drug-likeness (QED) is 0.0407. The van der Waals surface area contributed by atoms with Gasteiger partial charge >= 0.3 is 6.09 Å². The fraction of sp³-hybridized carbons (Fsp3) is 0.362. The Kier molecular flexibility index (Phi) is 14.1. The Morgan fingerprint density at radius 3 is 2.05 bits per heavy atom. The Morgan fingerprint density at radius 1 is 0.889 bits per heavy atom. The van der Waals surface area contributed by atoms with Crippen LogP contribution < -0.4 is 30.1 Å². The molecular formula is C47H56N10O5Si. The van der Waals surface area contributed by atoms with E-state index < -0.39 is 8.32 Å². The van der Waals surface area contributed by atoms with Gasteiger partial charge in [0.1, 0.15) is 23.6 Å².